The van der Waals surface area contributed by atoms with Gasteiger partial charge in [0.25, 0.3) is 0 Å². The van der Waals surface area contributed by atoms with Gasteiger partial charge in [-0.05, 0) is 35.5 Å². The molecule has 1 aliphatic heterocycles. The molecule has 0 fully saturated rings. The maximum Gasteiger partial charge on any atom is 0.402 e. The Morgan fingerprint density at radius 3 is 2.44 bits per heavy atom. The fourth-order valence-corrected chi connectivity index (χ4v) is 2.68. The van der Waals surface area contributed by atoms with Gasteiger partial charge in [0.05, 0.1) is 11.3 Å². The lowest BCUT2D eigenvalue weighted by Crippen LogP contribution is -2.10. The minimum atomic E-state index is -1.47. The zero-order valence-electron chi connectivity index (χ0n) is 9.29. The van der Waals surface area contributed by atoms with E-state index in [4.69, 9.17) is 20.3 Å². The highest BCUT2D eigenvalue weighted by atomic mass is 35.7. The van der Waals surface area contributed by atoms with Gasteiger partial charge in [0, 0.05) is 0 Å². The number of benzene rings is 2. The Morgan fingerprint density at radius 2 is 1.61 bits per heavy atom. The fourth-order valence-electron chi connectivity index (χ4n) is 1.64. The number of halogens is 1. The Bertz CT molecular complexity index is 589. The van der Waals surface area contributed by atoms with Gasteiger partial charge < -0.3 is 9.05 Å². The van der Waals surface area contributed by atoms with Crippen LogP contribution in [0.5, 0.6) is 5.75 Å². The van der Waals surface area contributed by atoms with Crippen molar-refractivity contribution in [1.82, 2.24) is 0 Å². The minimum absolute atomic E-state index is 0.504. The van der Waals surface area contributed by atoms with Crippen molar-refractivity contribution >= 4 is 30.6 Å². The molecule has 2 aromatic rings. The molecule has 1 unspecified atom stereocenters. The third-order valence-electron chi connectivity index (χ3n) is 2.43. The Morgan fingerprint density at radius 1 is 0.889 bits per heavy atom. The molecule has 0 aromatic heterocycles. The summed E-state index contributed by atoms with van der Waals surface area (Å²) < 4.78 is 10.9. The standard InChI is InChI=1S/C13H9ClNO2P/c14-18-16-12-9-5-4-8-11(12)13(17-18)15-10-6-2-1-3-7-10/h1-9H. The van der Waals surface area contributed by atoms with Gasteiger partial charge in [-0.25, -0.2) is 4.99 Å². The van der Waals surface area contributed by atoms with Crippen molar-refractivity contribution in [3.63, 3.8) is 0 Å². The Hall–Kier alpha value is -1.57. The van der Waals surface area contributed by atoms with Gasteiger partial charge in [0.15, 0.2) is 0 Å². The largest absolute Gasteiger partial charge is 0.426 e. The fraction of sp³-hybridized carbons (Fsp3) is 0. The molecule has 3 rings (SSSR count). The highest BCUT2D eigenvalue weighted by Crippen LogP contribution is 2.50. The van der Waals surface area contributed by atoms with E-state index >= 15 is 0 Å². The molecule has 5 heteroatoms. The van der Waals surface area contributed by atoms with Gasteiger partial charge in [-0.1, -0.05) is 30.3 Å². The van der Waals surface area contributed by atoms with Crippen LogP contribution in [0.2, 0.25) is 0 Å². The average Bonchev–Trinajstić information content (AvgIpc) is 2.40. The van der Waals surface area contributed by atoms with Gasteiger partial charge in [-0.3, -0.25) is 0 Å². The molecule has 18 heavy (non-hydrogen) atoms. The van der Waals surface area contributed by atoms with Crippen molar-refractivity contribution in [2.75, 3.05) is 0 Å². The van der Waals surface area contributed by atoms with Crippen molar-refractivity contribution in [3.05, 3.63) is 60.2 Å². The highest BCUT2D eigenvalue weighted by Gasteiger charge is 2.25. The Balaban J connectivity index is 2.05. The smallest absolute Gasteiger partial charge is 0.402 e. The second-order valence-corrected chi connectivity index (χ2v) is 5.26. The third kappa shape index (κ3) is 2.33. The van der Waals surface area contributed by atoms with Crippen LogP contribution in [0.1, 0.15) is 5.56 Å². The number of hydrogen-bond acceptors (Lipinski definition) is 3. The van der Waals surface area contributed by atoms with Gasteiger partial charge in [-0.15, -0.1) is 0 Å². The predicted octanol–water partition coefficient (Wildman–Crippen LogP) is 4.64. The van der Waals surface area contributed by atoms with Crippen molar-refractivity contribution in [1.29, 1.82) is 0 Å². The molecule has 0 spiro atoms. The SMILES string of the molecule is ClP1OC(=Nc2ccccc2)c2ccccc2O1. The molecule has 0 amide bonds. The van der Waals surface area contributed by atoms with E-state index in [2.05, 4.69) is 4.99 Å². The summed E-state index contributed by atoms with van der Waals surface area (Å²) in [4.78, 5) is 4.46. The Kier molecular flexibility index (Phi) is 3.18. The molecule has 1 atom stereocenters. The van der Waals surface area contributed by atoms with E-state index in [0.717, 1.165) is 11.3 Å². The first-order valence-electron chi connectivity index (χ1n) is 5.38. The molecule has 3 nitrogen and oxygen atoms in total. The number of rotatable bonds is 1. The molecule has 2 aromatic carbocycles. The van der Waals surface area contributed by atoms with E-state index in [-0.39, 0.29) is 0 Å². The first kappa shape index (κ1) is 11.5. The number of hydrogen-bond donors (Lipinski definition) is 0. The van der Waals surface area contributed by atoms with Gasteiger partial charge >= 0.3 is 7.73 Å². The molecular weight excluding hydrogens is 269 g/mol. The first-order valence-corrected chi connectivity index (χ1v) is 7.46. The molecule has 1 heterocycles. The molecule has 0 bridgehead atoms. The lowest BCUT2D eigenvalue weighted by atomic mass is 10.2. The summed E-state index contributed by atoms with van der Waals surface area (Å²) in [5.41, 5.74) is 1.64. The maximum absolute atomic E-state index is 5.94. The summed E-state index contributed by atoms with van der Waals surface area (Å²) >= 11 is 5.94. The average molecular weight is 278 g/mol. The molecule has 90 valence electrons. The molecule has 0 N–H and O–H groups in total. The van der Waals surface area contributed by atoms with Crippen molar-refractivity contribution in [3.8, 4) is 5.75 Å². The summed E-state index contributed by atoms with van der Waals surface area (Å²) in [5.74, 6) is 1.21. The molecule has 0 saturated heterocycles. The summed E-state index contributed by atoms with van der Waals surface area (Å²) in [6, 6.07) is 17.2. The minimum Gasteiger partial charge on any atom is -0.426 e. The van der Waals surface area contributed by atoms with Crippen LogP contribution in [-0.2, 0) is 4.52 Å². The lowest BCUT2D eigenvalue weighted by molar-refractivity contribution is 0.482. The van der Waals surface area contributed by atoms with E-state index in [9.17, 15) is 0 Å². The molecule has 0 saturated carbocycles. The van der Waals surface area contributed by atoms with E-state index < -0.39 is 7.73 Å². The van der Waals surface area contributed by atoms with Gasteiger partial charge in [0.1, 0.15) is 5.75 Å². The molecular formula is C13H9ClNO2P. The number of fused-ring (bicyclic) bond motifs is 1. The second kappa shape index (κ2) is 4.97. The molecule has 0 aliphatic carbocycles. The quantitative estimate of drug-likeness (QED) is 0.711. The topological polar surface area (TPSA) is 30.8 Å². The lowest BCUT2D eigenvalue weighted by Gasteiger charge is -2.21. The van der Waals surface area contributed by atoms with Crippen LogP contribution in [0.25, 0.3) is 0 Å². The zero-order chi connectivity index (χ0) is 12.4. The molecule has 0 radical (unpaired) electrons. The number of para-hydroxylation sites is 2. The second-order valence-electron chi connectivity index (χ2n) is 3.64. The maximum atomic E-state index is 5.94. The highest BCUT2D eigenvalue weighted by molar-refractivity contribution is 7.76. The summed E-state index contributed by atoms with van der Waals surface area (Å²) in [6.07, 6.45) is 0. The van der Waals surface area contributed by atoms with E-state index in [1.807, 2.05) is 54.6 Å². The monoisotopic (exact) mass is 277 g/mol. The van der Waals surface area contributed by atoms with Crippen LogP contribution < -0.4 is 4.52 Å². The third-order valence-corrected chi connectivity index (χ3v) is 3.50. The van der Waals surface area contributed by atoms with Crippen molar-refractivity contribution in [2.24, 2.45) is 4.99 Å². The van der Waals surface area contributed by atoms with E-state index in [0.29, 0.717) is 11.6 Å². The summed E-state index contributed by atoms with van der Waals surface area (Å²) in [7, 11) is -1.47. The molecule has 1 aliphatic rings. The number of aliphatic imine (C=N–C) groups is 1. The van der Waals surface area contributed by atoms with Crippen LogP contribution in [-0.4, -0.2) is 5.90 Å². The predicted molar refractivity (Wildman–Crippen MR) is 73.6 cm³/mol. The van der Waals surface area contributed by atoms with Crippen LogP contribution in [0.15, 0.2) is 59.6 Å². The summed E-state index contributed by atoms with van der Waals surface area (Å²) in [5, 5.41) is 0. The summed E-state index contributed by atoms with van der Waals surface area (Å²) in [6.45, 7) is 0. The van der Waals surface area contributed by atoms with Gasteiger partial charge in [0.2, 0.25) is 5.90 Å². The van der Waals surface area contributed by atoms with Crippen LogP contribution in [0.3, 0.4) is 0 Å². The van der Waals surface area contributed by atoms with Crippen LogP contribution in [0, 0.1) is 0 Å². The van der Waals surface area contributed by atoms with E-state index in [1.54, 1.807) is 0 Å². The van der Waals surface area contributed by atoms with E-state index in [1.165, 1.54) is 0 Å². The van der Waals surface area contributed by atoms with Gasteiger partial charge in [-0.2, -0.15) is 0 Å². The normalized spacial score (nSPS) is 19.8. The van der Waals surface area contributed by atoms with Crippen molar-refractivity contribution < 1.29 is 9.05 Å². The number of nitrogens with zero attached hydrogens (tertiary/aromatic N) is 1. The van der Waals surface area contributed by atoms with Crippen molar-refractivity contribution in [2.45, 2.75) is 0 Å². The Labute approximate surface area is 111 Å². The zero-order valence-corrected chi connectivity index (χ0v) is 10.9. The van der Waals surface area contributed by atoms with Crippen LogP contribution >= 0.6 is 19.0 Å². The first-order chi connectivity index (χ1) is 8.83. The van der Waals surface area contributed by atoms with Crippen LogP contribution in [0.4, 0.5) is 5.69 Å².